The van der Waals surface area contributed by atoms with E-state index in [0.717, 1.165) is 23.4 Å². The van der Waals surface area contributed by atoms with Gasteiger partial charge in [0.05, 0.1) is 17.7 Å². The van der Waals surface area contributed by atoms with Crippen LogP contribution in [0, 0.1) is 0 Å². The number of hydrogen-bond acceptors (Lipinski definition) is 4. The van der Waals surface area contributed by atoms with E-state index in [0.29, 0.717) is 19.8 Å². The van der Waals surface area contributed by atoms with Gasteiger partial charge in [-0.2, -0.15) is 0 Å². The molecule has 1 fully saturated rings. The van der Waals surface area contributed by atoms with E-state index >= 15 is 0 Å². The minimum atomic E-state index is -0.443. The summed E-state index contributed by atoms with van der Waals surface area (Å²) in [7, 11) is 0. The number of nitrogens with one attached hydrogen (secondary N) is 1. The van der Waals surface area contributed by atoms with Gasteiger partial charge in [-0.1, -0.05) is 12.1 Å². The molecular weight excluding hydrogens is 284 g/mol. The van der Waals surface area contributed by atoms with Gasteiger partial charge < -0.3 is 10.1 Å². The molecule has 0 unspecified atom stereocenters. The Bertz CT molecular complexity index is 578. The summed E-state index contributed by atoms with van der Waals surface area (Å²) in [5.41, 5.74) is 0.431. The Labute approximate surface area is 128 Å². The lowest BCUT2D eigenvalue weighted by Gasteiger charge is -2.35. The molecule has 0 aromatic carbocycles. The van der Waals surface area contributed by atoms with Gasteiger partial charge in [-0.15, -0.1) is 11.3 Å². The van der Waals surface area contributed by atoms with Crippen molar-refractivity contribution in [2.75, 3.05) is 13.2 Å². The van der Waals surface area contributed by atoms with E-state index in [1.807, 2.05) is 29.6 Å². The van der Waals surface area contributed by atoms with E-state index in [9.17, 15) is 4.79 Å². The van der Waals surface area contributed by atoms with Crippen LogP contribution in [0.3, 0.4) is 0 Å². The molecule has 0 atom stereocenters. The van der Waals surface area contributed by atoms with Crippen molar-refractivity contribution in [3.05, 3.63) is 52.5 Å². The Morgan fingerprint density at radius 2 is 2.14 bits per heavy atom. The Kier molecular flexibility index (Phi) is 4.31. The first-order valence-corrected chi connectivity index (χ1v) is 7.99. The topological polar surface area (TPSA) is 51.2 Å². The van der Waals surface area contributed by atoms with E-state index in [4.69, 9.17) is 4.74 Å². The molecule has 1 amide bonds. The van der Waals surface area contributed by atoms with Crippen LogP contribution in [-0.2, 0) is 21.5 Å². The van der Waals surface area contributed by atoms with Crippen LogP contribution in [-0.4, -0.2) is 24.1 Å². The minimum Gasteiger partial charge on any atom is -0.381 e. The average molecular weight is 302 g/mol. The maximum absolute atomic E-state index is 12.8. The fourth-order valence-electron chi connectivity index (χ4n) is 2.70. The van der Waals surface area contributed by atoms with Crippen LogP contribution >= 0.6 is 11.3 Å². The van der Waals surface area contributed by atoms with Gasteiger partial charge >= 0.3 is 0 Å². The predicted octanol–water partition coefficient (Wildman–Crippen LogP) is 2.51. The molecule has 1 N–H and O–H groups in total. The van der Waals surface area contributed by atoms with E-state index in [2.05, 4.69) is 16.4 Å². The van der Waals surface area contributed by atoms with Crippen LogP contribution in [0.15, 0.2) is 41.9 Å². The summed E-state index contributed by atoms with van der Waals surface area (Å²) in [5, 5.41) is 5.07. The van der Waals surface area contributed by atoms with Crippen molar-refractivity contribution in [2.45, 2.75) is 24.8 Å². The standard InChI is InChI=1S/C16H18N2O2S/c19-15(18-12-13-4-1-2-8-17-13)16(6-9-20-10-7-16)14-5-3-11-21-14/h1-5,8,11H,6-7,9-10,12H2,(H,18,19). The van der Waals surface area contributed by atoms with E-state index in [1.165, 1.54) is 0 Å². The van der Waals surface area contributed by atoms with Crippen molar-refractivity contribution in [3.63, 3.8) is 0 Å². The molecule has 0 bridgehead atoms. The monoisotopic (exact) mass is 302 g/mol. The quantitative estimate of drug-likeness (QED) is 0.944. The fraction of sp³-hybridized carbons (Fsp3) is 0.375. The summed E-state index contributed by atoms with van der Waals surface area (Å²) in [5.74, 6) is 0.0823. The van der Waals surface area contributed by atoms with Crippen LogP contribution in [0.4, 0.5) is 0 Å². The van der Waals surface area contributed by atoms with Gasteiger partial charge in [0.15, 0.2) is 0 Å². The first-order chi connectivity index (χ1) is 10.3. The Balaban J connectivity index is 1.75. The molecule has 21 heavy (non-hydrogen) atoms. The highest BCUT2D eigenvalue weighted by atomic mass is 32.1. The Morgan fingerprint density at radius 3 is 2.81 bits per heavy atom. The SMILES string of the molecule is O=C(NCc1ccccn1)C1(c2cccs2)CCOCC1. The van der Waals surface area contributed by atoms with Gasteiger partial charge in [0.1, 0.15) is 0 Å². The molecule has 1 aliphatic rings. The molecule has 2 aromatic heterocycles. The summed E-state index contributed by atoms with van der Waals surface area (Å²) >= 11 is 1.65. The van der Waals surface area contributed by atoms with Crippen molar-refractivity contribution < 1.29 is 9.53 Å². The van der Waals surface area contributed by atoms with Crippen molar-refractivity contribution in [1.82, 2.24) is 10.3 Å². The molecule has 3 heterocycles. The minimum absolute atomic E-state index is 0.0823. The van der Waals surface area contributed by atoms with Crippen LogP contribution in [0.5, 0.6) is 0 Å². The summed E-state index contributed by atoms with van der Waals surface area (Å²) in [6.45, 7) is 1.73. The lowest BCUT2D eigenvalue weighted by Crippen LogP contribution is -2.47. The maximum Gasteiger partial charge on any atom is 0.231 e. The molecule has 0 aliphatic carbocycles. The molecule has 1 saturated heterocycles. The van der Waals surface area contributed by atoms with Gasteiger partial charge in [-0.25, -0.2) is 0 Å². The zero-order chi connectivity index (χ0) is 14.5. The van der Waals surface area contributed by atoms with Crippen LogP contribution < -0.4 is 5.32 Å². The summed E-state index contributed by atoms with van der Waals surface area (Å²) in [6.07, 6.45) is 3.22. The number of pyridine rings is 1. The molecule has 1 aliphatic heterocycles. The van der Waals surface area contributed by atoms with Crippen LogP contribution in [0.1, 0.15) is 23.4 Å². The first kappa shape index (κ1) is 14.2. The Morgan fingerprint density at radius 1 is 1.29 bits per heavy atom. The van der Waals surface area contributed by atoms with E-state index < -0.39 is 5.41 Å². The second-order valence-corrected chi connectivity index (χ2v) is 6.12. The highest BCUT2D eigenvalue weighted by molar-refractivity contribution is 7.10. The number of aromatic nitrogens is 1. The summed E-state index contributed by atoms with van der Waals surface area (Å²) < 4.78 is 5.45. The van der Waals surface area contributed by atoms with Crippen molar-refractivity contribution in [1.29, 1.82) is 0 Å². The lowest BCUT2D eigenvalue weighted by atomic mass is 9.78. The Hall–Kier alpha value is -1.72. The summed E-state index contributed by atoms with van der Waals surface area (Å²) in [4.78, 5) is 18.2. The number of ether oxygens (including phenoxy) is 1. The number of nitrogens with zero attached hydrogens (tertiary/aromatic N) is 1. The number of amides is 1. The maximum atomic E-state index is 12.8. The van der Waals surface area contributed by atoms with Crippen LogP contribution in [0.25, 0.3) is 0 Å². The smallest absolute Gasteiger partial charge is 0.231 e. The molecular formula is C16H18N2O2S. The molecule has 5 heteroatoms. The average Bonchev–Trinajstić information content (AvgIpc) is 3.09. The van der Waals surface area contributed by atoms with Crippen molar-refractivity contribution >= 4 is 17.2 Å². The molecule has 0 spiro atoms. The number of rotatable bonds is 4. The van der Waals surface area contributed by atoms with Gasteiger partial charge in [0.2, 0.25) is 5.91 Å². The number of carbonyl (C=O) groups is 1. The van der Waals surface area contributed by atoms with Gasteiger partial charge in [-0.3, -0.25) is 9.78 Å². The largest absolute Gasteiger partial charge is 0.381 e. The second-order valence-electron chi connectivity index (χ2n) is 5.18. The number of carbonyl (C=O) groups excluding carboxylic acids is 1. The molecule has 0 radical (unpaired) electrons. The highest BCUT2D eigenvalue weighted by Crippen LogP contribution is 2.37. The highest BCUT2D eigenvalue weighted by Gasteiger charge is 2.42. The number of thiophene rings is 1. The number of hydrogen-bond donors (Lipinski definition) is 1. The first-order valence-electron chi connectivity index (χ1n) is 7.11. The van der Waals surface area contributed by atoms with Gasteiger partial charge in [0, 0.05) is 24.3 Å². The fourth-order valence-corrected chi connectivity index (χ4v) is 3.68. The predicted molar refractivity (Wildman–Crippen MR) is 82.1 cm³/mol. The molecule has 3 rings (SSSR count). The third-order valence-corrected chi connectivity index (χ3v) is 5.00. The third-order valence-electron chi connectivity index (χ3n) is 3.93. The zero-order valence-corrected chi connectivity index (χ0v) is 12.6. The summed E-state index contributed by atoms with van der Waals surface area (Å²) in [6, 6.07) is 9.77. The lowest BCUT2D eigenvalue weighted by molar-refractivity contribution is -0.130. The molecule has 0 saturated carbocycles. The normalized spacial score (nSPS) is 17.3. The third kappa shape index (κ3) is 2.99. The van der Waals surface area contributed by atoms with Gasteiger partial charge in [-0.05, 0) is 36.4 Å². The van der Waals surface area contributed by atoms with Gasteiger partial charge in [0.25, 0.3) is 0 Å². The van der Waals surface area contributed by atoms with E-state index in [1.54, 1.807) is 17.5 Å². The van der Waals surface area contributed by atoms with E-state index in [-0.39, 0.29) is 5.91 Å². The van der Waals surface area contributed by atoms with Crippen LogP contribution in [0.2, 0.25) is 0 Å². The molecule has 4 nitrogen and oxygen atoms in total. The second kappa shape index (κ2) is 6.37. The van der Waals surface area contributed by atoms with Crippen molar-refractivity contribution in [3.8, 4) is 0 Å². The zero-order valence-electron chi connectivity index (χ0n) is 11.7. The molecule has 110 valence electrons. The molecule has 2 aromatic rings. The van der Waals surface area contributed by atoms with Crippen molar-refractivity contribution in [2.24, 2.45) is 0 Å².